The fraction of sp³-hybridized carbons (Fsp3) is 0.889. The van der Waals surface area contributed by atoms with Crippen LogP contribution in [0.15, 0.2) is 4.99 Å². The number of thioether (sulfide) groups is 1. The Morgan fingerprint density at radius 3 is 2.85 bits per heavy atom. The number of hydrogen-bond acceptors (Lipinski definition) is 2. The first kappa shape index (κ1) is 10.7. The lowest BCUT2D eigenvalue weighted by atomic mass is 10.5. The molecule has 4 heteroatoms. The van der Waals surface area contributed by atoms with E-state index in [9.17, 15) is 0 Å². The third kappa shape index (κ3) is 5.03. The zero-order valence-electron chi connectivity index (χ0n) is 8.47. The summed E-state index contributed by atoms with van der Waals surface area (Å²) in [4.78, 5) is 4.15. The van der Waals surface area contributed by atoms with Crippen LogP contribution in [0.2, 0.25) is 0 Å². The summed E-state index contributed by atoms with van der Waals surface area (Å²) in [5.74, 6) is 2.18. The van der Waals surface area contributed by atoms with E-state index in [4.69, 9.17) is 0 Å². The summed E-state index contributed by atoms with van der Waals surface area (Å²) in [7, 11) is 1.83. The van der Waals surface area contributed by atoms with Crippen LogP contribution in [-0.4, -0.2) is 37.6 Å². The van der Waals surface area contributed by atoms with Crippen molar-refractivity contribution in [3.8, 4) is 0 Å². The van der Waals surface area contributed by atoms with Gasteiger partial charge in [-0.25, -0.2) is 0 Å². The molecule has 1 aliphatic carbocycles. The molecule has 0 heterocycles. The molecule has 0 aromatic carbocycles. The molecule has 1 fully saturated rings. The van der Waals surface area contributed by atoms with Crippen molar-refractivity contribution in [3.63, 3.8) is 0 Å². The van der Waals surface area contributed by atoms with Crippen molar-refractivity contribution in [2.75, 3.05) is 25.6 Å². The molecule has 0 spiro atoms. The summed E-state index contributed by atoms with van der Waals surface area (Å²) in [5, 5.41) is 6.65. The second-order valence-corrected chi connectivity index (χ2v) is 4.25. The smallest absolute Gasteiger partial charge is 0.191 e. The third-order valence-corrected chi connectivity index (χ3v) is 2.66. The highest BCUT2D eigenvalue weighted by atomic mass is 32.2. The van der Waals surface area contributed by atoms with Gasteiger partial charge >= 0.3 is 0 Å². The molecule has 0 aliphatic heterocycles. The highest BCUT2D eigenvalue weighted by Gasteiger charge is 2.21. The molecule has 1 rings (SSSR count). The molecule has 0 bridgehead atoms. The quantitative estimate of drug-likeness (QED) is 0.397. The number of guanidine groups is 1. The van der Waals surface area contributed by atoms with Crippen LogP contribution in [0.4, 0.5) is 0 Å². The Labute approximate surface area is 84.8 Å². The summed E-state index contributed by atoms with van der Waals surface area (Å²) < 4.78 is 0. The Morgan fingerprint density at radius 2 is 2.31 bits per heavy atom. The molecule has 0 aromatic rings. The molecular formula is C9H19N3S. The summed E-state index contributed by atoms with van der Waals surface area (Å²) in [6.45, 7) is 1.02. The molecule has 1 aliphatic rings. The van der Waals surface area contributed by atoms with E-state index in [0.29, 0.717) is 6.04 Å². The minimum atomic E-state index is 0.687. The average Bonchev–Trinajstić information content (AvgIpc) is 2.94. The van der Waals surface area contributed by atoms with Gasteiger partial charge in [0, 0.05) is 19.6 Å². The van der Waals surface area contributed by atoms with Gasteiger partial charge in [-0.05, 0) is 31.3 Å². The molecule has 0 amide bonds. The van der Waals surface area contributed by atoms with Crippen molar-refractivity contribution in [1.29, 1.82) is 0 Å². The normalized spacial score (nSPS) is 17.2. The van der Waals surface area contributed by atoms with Crippen LogP contribution in [0.5, 0.6) is 0 Å². The van der Waals surface area contributed by atoms with E-state index in [1.54, 1.807) is 0 Å². The second kappa shape index (κ2) is 6.13. The monoisotopic (exact) mass is 201 g/mol. The first-order valence-corrected chi connectivity index (χ1v) is 6.22. The van der Waals surface area contributed by atoms with E-state index in [1.165, 1.54) is 25.0 Å². The van der Waals surface area contributed by atoms with Crippen LogP contribution in [0, 0.1) is 0 Å². The van der Waals surface area contributed by atoms with Crippen molar-refractivity contribution in [1.82, 2.24) is 10.6 Å². The Morgan fingerprint density at radius 1 is 1.54 bits per heavy atom. The lowest BCUT2D eigenvalue weighted by molar-refractivity contribution is 0.783. The molecule has 1 saturated carbocycles. The van der Waals surface area contributed by atoms with Gasteiger partial charge < -0.3 is 10.6 Å². The molecule has 0 unspecified atom stereocenters. The van der Waals surface area contributed by atoms with E-state index in [1.807, 2.05) is 18.8 Å². The van der Waals surface area contributed by atoms with E-state index in [2.05, 4.69) is 21.9 Å². The van der Waals surface area contributed by atoms with Crippen LogP contribution >= 0.6 is 11.8 Å². The molecule has 0 saturated heterocycles. The second-order valence-electron chi connectivity index (χ2n) is 3.26. The fourth-order valence-electron chi connectivity index (χ4n) is 1.04. The molecule has 0 radical (unpaired) electrons. The maximum Gasteiger partial charge on any atom is 0.191 e. The predicted molar refractivity (Wildman–Crippen MR) is 60.5 cm³/mol. The minimum absolute atomic E-state index is 0.687. The van der Waals surface area contributed by atoms with E-state index >= 15 is 0 Å². The van der Waals surface area contributed by atoms with Gasteiger partial charge in [-0.15, -0.1) is 0 Å². The van der Waals surface area contributed by atoms with E-state index in [0.717, 1.165) is 12.5 Å². The highest BCUT2D eigenvalue weighted by molar-refractivity contribution is 7.98. The van der Waals surface area contributed by atoms with Gasteiger partial charge in [0.15, 0.2) is 5.96 Å². The van der Waals surface area contributed by atoms with Crippen molar-refractivity contribution in [2.24, 2.45) is 4.99 Å². The van der Waals surface area contributed by atoms with Crippen molar-refractivity contribution < 1.29 is 0 Å². The van der Waals surface area contributed by atoms with Crippen LogP contribution in [-0.2, 0) is 0 Å². The third-order valence-electron chi connectivity index (χ3n) is 1.96. The number of aliphatic imine (C=N–C) groups is 1. The molecule has 3 nitrogen and oxygen atoms in total. The SMILES string of the molecule is CN=C(NCCCSC)NC1CC1. The maximum atomic E-state index is 4.15. The Kier molecular flexibility index (Phi) is 5.05. The zero-order chi connectivity index (χ0) is 9.52. The molecule has 0 atom stereocenters. The Balaban J connectivity index is 2.02. The Bertz CT molecular complexity index is 166. The number of hydrogen-bond donors (Lipinski definition) is 2. The molecule has 13 heavy (non-hydrogen) atoms. The van der Waals surface area contributed by atoms with Crippen LogP contribution in [0.25, 0.3) is 0 Å². The van der Waals surface area contributed by atoms with Gasteiger partial charge in [0.1, 0.15) is 0 Å². The van der Waals surface area contributed by atoms with Gasteiger partial charge in [0.2, 0.25) is 0 Å². The molecule has 76 valence electrons. The number of nitrogens with one attached hydrogen (secondary N) is 2. The van der Waals surface area contributed by atoms with Gasteiger partial charge in [-0.3, -0.25) is 4.99 Å². The van der Waals surface area contributed by atoms with Crippen molar-refractivity contribution in [3.05, 3.63) is 0 Å². The topological polar surface area (TPSA) is 36.4 Å². The maximum absolute atomic E-state index is 4.15. The van der Waals surface area contributed by atoms with E-state index in [-0.39, 0.29) is 0 Å². The van der Waals surface area contributed by atoms with Gasteiger partial charge in [-0.1, -0.05) is 0 Å². The number of nitrogens with zero attached hydrogens (tertiary/aromatic N) is 1. The van der Waals surface area contributed by atoms with Crippen molar-refractivity contribution in [2.45, 2.75) is 25.3 Å². The molecular weight excluding hydrogens is 182 g/mol. The summed E-state index contributed by atoms with van der Waals surface area (Å²) in [6, 6.07) is 0.687. The molecule has 0 aromatic heterocycles. The van der Waals surface area contributed by atoms with Crippen LogP contribution < -0.4 is 10.6 Å². The highest BCUT2D eigenvalue weighted by Crippen LogP contribution is 2.18. The van der Waals surface area contributed by atoms with Gasteiger partial charge in [-0.2, -0.15) is 11.8 Å². The summed E-state index contributed by atoms with van der Waals surface area (Å²) >= 11 is 1.89. The first-order chi connectivity index (χ1) is 6.36. The average molecular weight is 201 g/mol. The van der Waals surface area contributed by atoms with Gasteiger partial charge in [0.05, 0.1) is 0 Å². The van der Waals surface area contributed by atoms with Crippen LogP contribution in [0.1, 0.15) is 19.3 Å². The van der Waals surface area contributed by atoms with Gasteiger partial charge in [0.25, 0.3) is 0 Å². The lowest BCUT2D eigenvalue weighted by Crippen LogP contribution is -2.39. The number of rotatable bonds is 5. The zero-order valence-corrected chi connectivity index (χ0v) is 9.28. The Hall–Kier alpha value is -0.380. The first-order valence-electron chi connectivity index (χ1n) is 4.83. The van der Waals surface area contributed by atoms with Crippen molar-refractivity contribution >= 4 is 17.7 Å². The van der Waals surface area contributed by atoms with Crippen LogP contribution in [0.3, 0.4) is 0 Å². The minimum Gasteiger partial charge on any atom is -0.356 e. The molecule has 2 N–H and O–H groups in total. The predicted octanol–water partition coefficient (Wildman–Crippen LogP) is 1.07. The summed E-state index contributed by atoms with van der Waals surface area (Å²) in [5.41, 5.74) is 0. The fourth-order valence-corrected chi connectivity index (χ4v) is 1.47. The lowest BCUT2D eigenvalue weighted by Gasteiger charge is -2.10. The summed E-state index contributed by atoms with van der Waals surface area (Å²) in [6.07, 6.45) is 5.93. The largest absolute Gasteiger partial charge is 0.356 e. The standard InChI is InChI=1S/C9H19N3S/c1-10-9(12-8-4-5-8)11-6-3-7-13-2/h8H,3-7H2,1-2H3,(H2,10,11,12). The van der Waals surface area contributed by atoms with E-state index < -0.39 is 0 Å².